The highest BCUT2D eigenvalue weighted by Gasteiger charge is 2.32. The van der Waals surface area contributed by atoms with Crippen molar-refractivity contribution in [2.75, 3.05) is 20.3 Å². The lowest BCUT2D eigenvalue weighted by Crippen LogP contribution is -2.45. The summed E-state index contributed by atoms with van der Waals surface area (Å²) in [5.41, 5.74) is 3.56. The number of hydrogen-bond donors (Lipinski definition) is 5. The molecule has 0 fully saturated rings. The average Bonchev–Trinajstić information content (AvgIpc) is 3.44. The number of aliphatic hydroxyl groups excluding tert-OH is 1. The minimum absolute atomic E-state index is 0.140. The second-order valence-electron chi connectivity index (χ2n) is 9.08. The van der Waals surface area contributed by atoms with E-state index in [2.05, 4.69) is 21.2 Å². The molecule has 4 rings (SSSR count). The number of hydrogen-bond acceptors (Lipinski definition) is 12. The van der Waals surface area contributed by atoms with E-state index >= 15 is 0 Å². The number of allylic oxidation sites excluding steroid dienone is 1. The van der Waals surface area contributed by atoms with Crippen molar-refractivity contribution < 1.29 is 43.4 Å². The summed E-state index contributed by atoms with van der Waals surface area (Å²) in [6.07, 6.45) is 0.0179. The number of benzene rings is 2. The van der Waals surface area contributed by atoms with Gasteiger partial charge in [-0.05, 0) is 49.7 Å². The Morgan fingerprint density at radius 3 is 2.72 bits per heavy atom. The minimum atomic E-state index is -1.25. The molecule has 0 spiro atoms. The number of nitro groups is 1. The number of nitro benzene ring substituents is 1. The number of aromatic hydroxyl groups is 1. The molecule has 0 saturated heterocycles. The van der Waals surface area contributed by atoms with Crippen LogP contribution in [0.2, 0.25) is 0 Å². The summed E-state index contributed by atoms with van der Waals surface area (Å²) in [5.74, 6) is 0.255. The van der Waals surface area contributed by atoms with Crippen LogP contribution in [-0.2, 0) is 9.53 Å². The van der Waals surface area contributed by atoms with Gasteiger partial charge in [-0.3, -0.25) is 15.5 Å². The molecule has 1 aliphatic heterocycles. The van der Waals surface area contributed by atoms with E-state index in [0.717, 1.165) is 0 Å². The van der Waals surface area contributed by atoms with Gasteiger partial charge in [-0.1, -0.05) is 6.07 Å². The third-order valence-corrected chi connectivity index (χ3v) is 6.17. The first-order valence-corrected chi connectivity index (χ1v) is 12.9. The molecule has 0 aliphatic carbocycles. The number of hydrazone groups is 1. The summed E-state index contributed by atoms with van der Waals surface area (Å²) in [6, 6.07) is 10.2. The Hall–Kier alpha value is -5.57. The Balaban J connectivity index is 1.40. The molecule has 0 bridgehead atoms. The number of non-ortho nitro benzene ring substituents is 1. The highest BCUT2D eigenvalue weighted by molar-refractivity contribution is 5.95. The molecule has 0 radical (unpaired) electrons. The number of carbonyl (C=O) groups is 2. The van der Waals surface area contributed by atoms with Crippen LogP contribution < -0.4 is 25.5 Å². The second kappa shape index (κ2) is 13.4. The zero-order valence-electron chi connectivity index (χ0n) is 23.3. The molecule has 3 aromatic rings. The number of methoxy groups -OCH3 is 1. The standard InChI is InChI=1S/C28H29N5O10/c1-4-41-23-11-16(26-25(27(36)40-3)15(2)30-28(37)31-26)5-9-22(23)42-14-24(35)32-29-13-18-7-10-21(43-18)19-12-17(33(38)39)6-8-20(19)34/h5-13,24,26,32,34-35H,4,14H2,1-3H3,(H2,30,31,37)/b29-13-/t24-,26+/m1/s1. The van der Waals surface area contributed by atoms with Gasteiger partial charge in [0.15, 0.2) is 17.7 Å². The number of phenols is 1. The van der Waals surface area contributed by atoms with Gasteiger partial charge >= 0.3 is 12.0 Å². The molecule has 226 valence electrons. The monoisotopic (exact) mass is 595 g/mol. The molecule has 2 heterocycles. The third kappa shape index (κ3) is 7.20. The number of furan rings is 1. The van der Waals surface area contributed by atoms with Crippen LogP contribution >= 0.6 is 0 Å². The van der Waals surface area contributed by atoms with E-state index in [1.807, 2.05) is 0 Å². The molecule has 15 nitrogen and oxygen atoms in total. The lowest BCUT2D eigenvalue weighted by atomic mass is 9.95. The molecular formula is C28H29N5O10. The first-order valence-electron chi connectivity index (χ1n) is 12.9. The molecule has 2 atom stereocenters. The summed E-state index contributed by atoms with van der Waals surface area (Å²) < 4.78 is 21.9. The van der Waals surface area contributed by atoms with E-state index in [4.69, 9.17) is 18.6 Å². The van der Waals surface area contributed by atoms with Crippen molar-refractivity contribution in [2.45, 2.75) is 26.1 Å². The van der Waals surface area contributed by atoms with Gasteiger partial charge < -0.3 is 39.5 Å². The predicted octanol–water partition coefficient (Wildman–Crippen LogP) is 3.08. The van der Waals surface area contributed by atoms with Crippen molar-refractivity contribution >= 4 is 23.9 Å². The average molecular weight is 596 g/mol. The van der Waals surface area contributed by atoms with Crippen LogP contribution in [0, 0.1) is 10.1 Å². The topological polar surface area (TPSA) is 207 Å². The zero-order valence-corrected chi connectivity index (χ0v) is 23.3. The maximum atomic E-state index is 12.4. The number of carbonyl (C=O) groups excluding carboxylic acids is 2. The van der Waals surface area contributed by atoms with Crippen LogP contribution in [0.1, 0.15) is 31.2 Å². The molecule has 0 saturated carbocycles. The molecule has 15 heteroatoms. The van der Waals surface area contributed by atoms with Crippen LogP contribution in [0.15, 0.2) is 69.3 Å². The summed E-state index contributed by atoms with van der Waals surface area (Å²) in [5, 5.41) is 40.6. The van der Waals surface area contributed by atoms with E-state index in [1.54, 1.807) is 32.0 Å². The van der Waals surface area contributed by atoms with Crippen LogP contribution in [0.25, 0.3) is 11.3 Å². The number of esters is 1. The maximum Gasteiger partial charge on any atom is 0.337 e. The number of phenolic OH excluding ortho intramolecular Hbond substituents is 1. The third-order valence-electron chi connectivity index (χ3n) is 6.17. The van der Waals surface area contributed by atoms with Crippen molar-refractivity contribution in [1.29, 1.82) is 0 Å². The molecule has 1 aromatic heterocycles. The van der Waals surface area contributed by atoms with Crippen molar-refractivity contribution in [3.63, 3.8) is 0 Å². The molecule has 2 amide bonds. The fourth-order valence-corrected chi connectivity index (χ4v) is 4.21. The smallest absolute Gasteiger partial charge is 0.337 e. The highest BCUT2D eigenvalue weighted by atomic mass is 16.6. The maximum absolute atomic E-state index is 12.4. The lowest BCUT2D eigenvalue weighted by Gasteiger charge is -2.28. The number of nitrogens with zero attached hydrogens (tertiary/aromatic N) is 2. The number of rotatable bonds is 12. The van der Waals surface area contributed by atoms with E-state index < -0.39 is 29.2 Å². The Morgan fingerprint density at radius 1 is 1.21 bits per heavy atom. The van der Waals surface area contributed by atoms with E-state index in [0.29, 0.717) is 29.4 Å². The van der Waals surface area contributed by atoms with Crippen molar-refractivity contribution in [3.05, 3.63) is 81.2 Å². The van der Waals surface area contributed by atoms with E-state index in [1.165, 1.54) is 43.7 Å². The predicted molar refractivity (Wildman–Crippen MR) is 151 cm³/mol. The Kier molecular flexibility index (Phi) is 9.47. The minimum Gasteiger partial charge on any atom is -0.507 e. The summed E-state index contributed by atoms with van der Waals surface area (Å²) >= 11 is 0. The molecule has 5 N–H and O–H groups in total. The SMILES string of the molecule is CCOc1cc([C@@H]2NC(=O)NC(C)=C2C(=O)OC)ccc1OC[C@@H](O)N/N=C\c1ccc(-c2cc([N+](=O)[O-])ccc2O)o1. The van der Waals surface area contributed by atoms with Gasteiger partial charge in [0.05, 0.1) is 42.0 Å². The Labute approximate surface area is 244 Å². The van der Waals surface area contributed by atoms with Gasteiger partial charge in [-0.2, -0.15) is 5.10 Å². The molecular weight excluding hydrogens is 566 g/mol. The van der Waals surface area contributed by atoms with E-state index in [-0.39, 0.29) is 40.7 Å². The Morgan fingerprint density at radius 2 is 2.00 bits per heavy atom. The first-order chi connectivity index (χ1) is 20.6. The van der Waals surface area contributed by atoms with Gasteiger partial charge in [-0.25, -0.2) is 9.59 Å². The summed E-state index contributed by atoms with van der Waals surface area (Å²) in [4.78, 5) is 35.0. The van der Waals surface area contributed by atoms with Gasteiger partial charge in [-0.15, -0.1) is 0 Å². The van der Waals surface area contributed by atoms with E-state index in [9.17, 15) is 29.9 Å². The first kappa shape index (κ1) is 30.4. The number of nitrogens with one attached hydrogen (secondary N) is 3. The van der Waals surface area contributed by atoms with Gasteiger partial charge in [0, 0.05) is 17.8 Å². The number of urea groups is 1. The Bertz CT molecular complexity index is 1580. The van der Waals surface area contributed by atoms with Gasteiger partial charge in [0.1, 0.15) is 23.9 Å². The van der Waals surface area contributed by atoms with Crippen LogP contribution in [0.4, 0.5) is 10.5 Å². The fraction of sp³-hybridized carbons (Fsp3) is 0.250. The van der Waals surface area contributed by atoms with Crippen LogP contribution in [0.3, 0.4) is 0 Å². The number of aliphatic hydroxyl groups is 1. The summed E-state index contributed by atoms with van der Waals surface area (Å²) in [6.45, 7) is 3.43. The second-order valence-corrected chi connectivity index (χ2v) is 9.08. The van der Waals surface area contributed by atoms with Crippen LogP contribution in [0.5, 0.6) is 17.2 Å². The zero-order chi connectivity index (χ0) is 31.1. The highest BCUT2D eigenvalue weighted by Crippen LogP contribution is 2.35. The fourth-order valence-electron chi connectivity index (χ4n) is 4.21. The number of amides is 2. The lowest BCUT2D eigenvalue weighted by molar-refractivity contribution is -0.384. The normalized spacial score (nSPS) is 15.4. The van der Waals surface area contributed by atoms with Gasteiger partial charge in [0.25, 0.3) is 5.69 Å². The molecule has 0 unspecified atom stereocenters. The van der Waals surface area contributed by atoms with Gasteiger partial charge in [0.2, 0.25) is 0 Å². The molecule has 1 aliphatic rings. The quantitative estimate of drug-likeness (QED) is 0.0676. The van der Waals surface area contributed by atoms with Crippen molar-refractivity contribution in [2.24, 2.45) is 5.10 Å². The molecule has 43 heavy (non-hydrogen) atoms. The summed E-state index contributed by atoms with van der Waals surface area (Å²) in [7, 11) is 1.25. The van der Waals surface area contributed by atoms with Crippen molar-refractivity contribution in [1.82, 2.24) is 16.1 Å². The number of ether oxygens (including phenoxy) is 3. The van der Waals surface area contributed by atoms with Crippen LogP contribution in [-0.4, -0.2) is 59.9 Å². The largest absolute Gasteiger partial charge is 0.507 e. The van der Waals surface area contributed by atoms with Crippen molar-refractivity contribution in [3.8, 4) is 28.6 Å². The molecule has 2 aromatic carbocycles.